The van der Waals surface area contributed by atoms with Crippen molar-refractivity contribution in [2.45, 2.75) is 38.4 Å². The van der Waals surface area contributed by atoms with Crippen LogP contribution in [0.4, 0.5) is 0 Å². The Hall–Kier alpha value is -1.66. The Bertz CT molecular complexity index is 570. The topological polar surface area (TPSA) is 53.4 Å². The summed E-state index contributed by atoms with van der Waals surface area (Å²) >= 11 is 0. The van der Waals surface area contributed by atoms with Crippen LogP contribution in [-0.2, 0) is 17.9 Å². The lowest BCUT2D eigenvalue weighted by Crippen LogP contribution is -2.56. The molecule has 2 atom stereocenters. The van der Waals surface area contributed by atoms with Gasteiger partial charge >= 0.3 is 0 Å². The summed E-state index contributed by atoms with van der Waals surface area (Å²) in [4.78, 5) is 16.9. The van der Waals surface area contributed by atoms with Crippen molar-refractivity contribution in [2.75, 3.05) is 33.2 Å². The fourth-order valence-electron chi connectivity index (χ4n) is 4.07. The minimum atomic E-state index is 0.339. The van der Waals surface area contributed by atoms with E-state index in [0.29, 0.717) is 24.3 Å². The van der Waals surface area contributed by atoms with Crippen LogP contribution in [0.3, 0.4) is 0 Å². The molecule has 132 valence electrons. The molecule has 1 N–H and O–H groups in total. The van der Waals surface area contributed by atoms with Crippen LogP contribution in [0.1, 0.15) is 24.8 Å². The van der Waals surface area contributed by atoms with Crippen molar-refractivity contribution in [1.29, 1.82) is 0 Å². The Morgan fingerprint density at radius 3 is 3.12 bits per heavy atom. The van der Waals surface area contributed by atoms with E-state index in [2.05, 4.69) is 33.0 Å². The Morgan fingerprint density at radius 1 is 1.46 bits per heavy atom. The zero-order chi connectivity index (χ0) is 16.9. The Kier molecular flexibility index (Phi) is 5.68. The van der Waals surface area contributed by atoms with E-state index >= 15 is 0 Å². The number of aromatic nitrogens is 2. The van der Waals surface area contributed by atoms with Crippen molar-refractivity contribution in [3.8, 4) is 0 Å². The molecule has 0 aliphatic carbocycles. The van der Waals surface area contributed by atoms with Crippen LogP contribution in [-0.4, -0.2) is 64.8 Å². The number of likely N-dealkylation sites (N-methyl/N-ethyl adjacent to an activating group) is 1. The standard InChI is InChI=1S/C18H29N5O/c1-3-8-22-13-15(11-20-22)12-21-9-6-17-16(14-21)4-5-18(24)23(17)10-7-19-2/h3,11,13,16-17,19H,1,4-10,12,14H2,2H3/t16-,17+/m0/s1. The molecule has 1 amide bonds. The average Bonchev–Trinajstić information content (AvgIpc) is 3.01. The van der Waals surface area contributed by atoms with Gasteiger partial charge in [-0.15, -0.1) is 6.58 Å². The Balaban J connectivity index is 1.57. The van der Waals surface area contributed by atoms with Crippen molar-refractivity contribution >= 4 is 5.91 Å². The number of fused-ring (bicyclic) bond motifs is 1. The number of hydrogen-bond acceptors (Lipinski definition) is 4. The third-order valence-corrected chi connectivity index (χ3v) is 5.24. The van der Waals surface area contributed by atoms with Gasteiger partial charge in [0, 0.05) is 56.9 Å². The van der Waals surface area contributed by atoms with Gasteiger partial charge in [-0.25, -0.2) is 0 Å². The molecular weight excluding hydrogens is 302 g/mol. The summed E-state index contributed by atoms with van der Waals surface area (Å²) in [6.07, 6.45) is 8.75. The number of nitrogens with zero attached hydrogens (tertiary/aromatic N) is 4. The lowest BCUT2D eigenvalue weighted by molar-refractivity contribution is -0.141. The maximum absolute atomic E-state index is 12.3. The third-order valence-electron chi connectivity index (χ3n) is 5.24. The summed E-state index contributed by atoms with van der Waals surface area (Å²) in [5.41, 5.74) is 1.26. The van der Waals surface area contributed by atoms with Gasteiger partial charge < -0.3 is 10.2 Å². The van der Waals surface area contributed by atoms with Crippen molar-refractivity contribution < 1.29 is 4.79 Å². The third kappa shape index (κ3) is 3.87. The zero-order valence-corrected chi connectivity index (χ0v) is 14.7. The van der Waals surface area contributed by atoms with E-state index in [9.17, 15) is 4.79 Å². The van der Waals surface area contributed by atoms with Crippen LogP contribution in [0.25, 0.3) is 0 Å². The van der Waals surface area contributed by atoms with Crippen LogP contribution in [0.2, 0.25) is 0 Å². The number of piperidine rings is 2. The van der Waals surface area contributed by atoms with E-state index in [-0.39, 0.29) is 0 Å². The summed E-state index contributed by atoms with van der Waals surface area (Å²) in [6, 6.07) is 0.430. The van der Waals surface area contributed by atoms with E-state index in [1.54, 1.807) is 0 Å². The number of allylic oxidation sites excluding steroid dienone is 1. The van der Waals surface area contributed by atoms with Gasteiger partial charge in [-0.3, -0.25) is 14.4 Å². The minimum absolute atomic E-state index is 0.339. The molecule has 2 fully saturated rings. The number of rotatable bonds is 7. The van der Waals surface area contributed by atoms with Gasteiger partial charge in [-0.05, 0) is 25.8 Å². The van der Waals surface area contributed by atoms with Crippen LogP contribution in [0.15, 0.2) is 25.0 Å². The lowest BCUT2D eigenvalue weighted by atomic mass is 9.83. The smallest absolute Gasteiger partial charge is 0.222 e. The molecule has 0 saturated carbocycles. The van der Waals surface area contributed by atoms with Gasteiger partial charge in [0.2, 0.25) is 5.91 Å². The number of carbonyl (C=O) groups is 1. The molecule has 0 unspecified atom stereocenters. The van der Waals surface area contributed by atoms with Crippen LogP contribution in [0.5, 0.6) is 0 Å². The summed E-state index contributed by atoms with van der Waals surface area (Å²) in [5, 5.41) is 7.53. The first-order chi connectivity index (χ1) is 11.7. The molecule has 2 saturated heterocycles. The van der Waals surface area contributed by atoms with Crippen molar-refractivity contribution in [2.24, 2.45) is 5.92 Å². The number of nitrogens with one attached hydrogen (secondary N) is 1. The maximum atomic E-state index is 12.3. The fraction of sp³-hybridized carbons (Fsp3) is 0.667. The highest BCUT2D eigenvalue weighted by atomic mass is 16.2. The lowest BCUT2D eigenvalue weighted by Gasteiger charge is -2.47. The predicted molar refractivity (Wildman–Crippen MR) is 94.5 cm³/mol. The molecule has 3 heterocycles. The van der Waals surface area contributed by atoms with Crippen molar-refractivity contribution in [1.82, 2.24) is 24.9 Å². The fourth-order valence-corrected chi connectivity index (χ4v) is 4.07. The highest BCUT2D eigenvalue weighted by molar-refractivity contribution is 5.77. The number of carbonyl (C=O) groups excluding carboxylic acids is 1. The monoisotopic (exact) mass is 331 g/mol. The first kappa shape index (κ1) is 17.2. The average molecular weight is 331 g/mol. The Labute approximate surface area is 144 Å². The first-order valence-corrected chi connectivity index (χ1v) is 9.00. The van der Waals surface area contributed by atoms with Gasteiger partial charge in [-0.2, -0.15) is 5.10 Å². The van der Waals surface area contributed by atoms with E-state index in [4.69, 9.17) is 0 Å². The van der Waals surface area contributed by atoms with Crippen molar-refractivity contribution in [3.05, 3.63) is 30.6 Å². The largest absolute Gasteiger partial charge is 0.338 e. The van der Waals surface area contributed by atoms with Crippen molar-refractivity contribution in [3.63, 3.8) is 0 Å². The molecule has 24 heavy (non-hydrogen) atoms. The molecule has 0 bridgehead atoms. The molecule has 6 nitrogen and oxygen atoms in total. The number of hydrogen-bond donors (Lipinski definition) is 1. The second-order valence-corrected chi connectivity index (χ2v) is 6.94. The zero-order valence-electron chi connectivity index (χ0n) is 14.7. The van der Waals surface area contributed by atoms with E-state index in [1.807, 2.05) is 24.0 Å². The first-order valence-electron chi connectivity index (χ1n) is 9.00. The molecule has 2 aliphatic rings. The molecular formula is C18H29N5O. The van der Waals surface area contributed by atoms with E-state index in [1.165, 1.54) is 5.56 Å². The Morgan fingerprint density at radius 2 is 2.33 bits per heavy atom. The van der Waals surface area contributed by atoms with Crippen LogP contribution in [0, 0.1) is 5.92 Å². The molecule has 3 rings (SSSR count). The summed E-state index contributed by atoms with van der Waals surface area (Å²) in [5.74, 6) is 0.946. The van der Waals surface area contributed by atoms with E-state index < -0.39 is 0 Å². The summed E-state index contributed by atoms with van der Waals surface area (Å²) < 4.78 is 1.92. The van der Waals surface area contributed by atoms with Gasteiger partial charge in [-0.1, -0.05) is 6.08 Å². The number of amides is 1. The molecule has 0 aromatic carbocycles. The maximum Gasteiger partial charge on any atom is 0.222 e. The van der Waals surface area contributed by atoms with E-state index in [0.717, 1.165) is 52.1 Å². The normalized spacial score (nSPS) is 24.9. The predicted octanol–water partition coefficient (Wildman–Crippen LogP) is 1.10. The summed E-state index contributed by atoms with van der Waals surface area (Å²) in [6.45, 7) is 9.31. The van der Waals surface area contributed by atoms with Crippen LogP contribution >= 0.6 is 0 Å². The molecule has 1 aromatic rings. The van der Waals surface area contributed by atoms with Gasteiger partial charge in [0.05, 0.1) is 12.7 Å². The molecule has 0 radical (unpaired) electrons. The van der Waals surface area contributed by atoms with Gasteiger partial charge in [0.25, 0.3) is 0 Å². The quantitative estimate of drug-likeness (QED) is 0.760. The molecule has 1 aromatic heterocycles. The second kappa shape index (κ2) is 7.94. The van der Waals surface area contributed by atoms with Gasteiger partial charge in [0.1, 0.15) is 0 Å². The van der Waals surface area contributed by atoms with Crippen LogP contribution < -0.4 is 5.32 Å². The highest BCUT2D eigenvalue weighted by Gasteiger charge is 2.38. The number of likely N-dealkylation sites (tertiary alicyclic amines) is 2. The SMILES string of the molecule is C=CCn1cc(CN2CC[C@@H]3[C@@H](CCC(=O)N3CCNC)C2)cn1. The molecule has 0 spiro atoms. The highest BCUT2D eigenvalue weighted by Crippen LogP contribution is 2.31. The summed E-state index contributed by atoms with van der Waals surface area (Å²) in [7, 11) is 1.95. The minimum Gasteiger partial charge on any atom is -0.338 e. The van der Waals surface area contributed by atoms with Gasteiger partial charge in [0.15, 0.2) is 0 Å². The molecule has 6 heteroatoms. The molecule has 2 aliphatic heterocycles. The second-order valence-electron chi connectivity index (χ2n) is 6.94.